The highest BCUT2D eigenvalue weighted by molar-refractivity contribution is 5.20. The van der Waals surface area contributed by atoms with Crippen LogP contribution in [0.5, 0.6) is 0 Å². The second kappa shape index (κ2) is 9.37. The summed E-state index contributed by atoms with van der Waals surface area (Å²) in [7, 11) is 0. The van der Waals surface area contributed by atoms with E-state index in [4.69, 9.17) is 0 Å². The van der Waals surface area contributed by atoms with Crippen LogP contribution in [0.2, 0.25) is 0 Å². The SMILES string of the molecule is C.C.CC(C)(C)C1C2C=CC(C2)N1C(C)(C)C.CC(C)(C)C1C2CCC(C2)N1C(C)(C)C. The number of hydrogen-bond acceptors (Lipinski definition) is 2. The molecule has 2 saturated heterocycles. The Balaban J connectivity index is 0.000000301. The lowest BCUT2D eigenvalue weighted by Crippen LogP contribution is -2.56. The van der Waals surface area contributed by atoms with Gasteiger partial charge >= 0.3 is 0 Å². The standard InChI is InChI=1S/C14H27N.C14H25N.2CH4/c2*1-13(2,3)12-10-7-8-11(9-10)15(12)14(4,5)6;;/h10-12H,7-9H2,1-6H3;7-8,10-12H,9H2,1-6H3;2*1H4. The number of nitrogens with zero attached hydrogens (tertiary/aromatic N) is 2. The van der Waals surface area contributed by atoms with Crippen molar-refractivity contribution in [3.05, 3.63) is 12.2 Å². The maximum Gasteiger partial charge on any atom is 0.0293 e. The topological polar surface area (TPSA) is 6.48 Å². The van der Waals surface area contributed by atoms with Crippen LogP contribution in [-0.4, -0.2) is 45.0 Å². The molecule has 6 atom stereocenters. The van der Waals surface area contributed by atoms with Gasteiger partial charge in [-0.3, -0.25) is 9.80 Å². The van der Waals surface area contributed by atoms with Gasteiger partial charge in [0.05, 0.1) is 0 Å². The number of hydrogen-bond donors (Lipinski definition) is 0. The van der Waals surface area contributed by atoms with Crippen molar-refractivity contribution in [1.29, 1.82) is 0 Å². The number of fused-ring (bicyclic) bond motifs is 4. The highest BCUT2D eigenvalue weighted by Crippen LogP contribution is 2.51. The monoisotopic (exact) mass is 448 g/mol. The Labute approximate surface area is 203 Å². The molecule has 6 unspecified atom stereocenters. The Bertz CT molecular complexity index is 580. The van der Waals surface area contributed by atoms with E-state index in [1.54, 1.807) is 0 Å². The van der Waals surface area contributed by atoms with Gasteiger partial charge in [-0.25, -0.2) is 0 Å². The summed E-state index contributed by atoms with van der Waals surface area (Å²) in [5.41, 5.74) is 1.46. The van der Waals surface area contributed by atoms with E-state index in [-0.39, 0.29) is 14.9 Å². The van der Waals surface area contributed by atoms with Crippen molar-refractivity contribution in [2.24, 2.45) is 22.7 Å². The van der Waals surface area contributed by atoms with E-state index in [1.807, 2.05) is 0 Å². The molecule has 3 fully saturated rings. The van der Waals surface area contributed by atoms with Gasteiger partial charge < -0.3 is 0 Å². The fourth-order valence-electron chi connectivity index (χ4n) is 7.61. The molecule has 4 aliphatic rings. The summed E-state index contributed by atoms with van der Waals surface area (Å²) in [5.74, 6) is 1.75. The van der Waals surface area contributed by atoms with Gasteiger partial charge in [-0.2, -0.15) is 0 Å². The van der Waals surface area contributed by atoms with Gasteiger partial charge in [-0.05, 0) is 89.9 Å². The average molecular weight is 449 g/mol. The first-order valence-electron chi connectivity index (χ1n) is 12.7. The van der Waals surface area contributed by atoms with Crippen molar-refractivity contribution >= 4 is 0 Å². The Morgan fingerprint density at radius 1 is 0.594 bits per heavy atom. The predicted molar refractivity (Wildman–Crippen MR) is 145 cm³/mol. The molecule has 2 heteroatoms. The Kier molecular flexibility index (Phi) is 8.69. The Hall–Kier alpha value is -0.340. The second-order valence-corrected chi connectivity index (χ2v) is 14.9. The third kappa shape index (κ3) is 5.65. The molecule has 2 heterocycles. The van der Waals surface area contributed by atoms with Crippen LogP contribution in [0.4, 0.5) is 0 Å². The summed E-state index contributed by atoms with van der Waals surface area (Å²) in [6.45, 7) is 28.6. The molecule has 4 rings (SSSR count). The minimum Gasteiger partial charge on any atom is -0.292 e. The molecule has 0 aromatic rings. The highest BCUT2D eigenvalue weighted by atomic mass is 15.3. The Morgan fingerprint density at radius 2 is 1.09 bits per heavy atom. The van der Waals surface area contributed by atoms with Gasteiger partial charge in [0.15, 0.2) is 0 Å². The van der Waals surface area contributed by atoms with Crippen LogP contribution in [0.1, 0.15) is 124 Å². The predicted octanol–water partition coefficient (Wildman–Crippen LogP) is 8.42. The summed E-state index contributed by atoms with van der Waals surface area (Å²) in [5, 5.41) is 0. The van der Waals surface area contributed by atoms with Crippen LogP contribution in [0, 0.1) is 22.7 Å². The van der Waals surface area contributed by atoms with Gasteiger partial charge in [-0.1, -0.05) is 68.5 Å². The molecule has 0 aromatic heterocycles. The molecule has 2 aliphatic heterocycles. The zero-order valence-corrected chi connectivity index (χ0v) is 22.3. The molecule has 0 spiro atoms. The van der Waals surface area contributed by atoms with Crippen molar-refractivity contribution in [2.75, 3.05) is 0 Å². The molecule has 1 saturated carbocycles. The maximum atomic E-state index is 2.82. The fraction of sp³-hybridized carbons (Fsp3) is 0.933. The lowest BCUT2D eigenvalue weighted by atomic mass is 9.77. The van der Waals surface area contributed by atoms with Gasteiger partial charge in [0, 0.05) is 35.2 Å². The minimum atomic E-state index is 0. The molecular weight excluding hydrogens is 388 g/mol. The number of likely N-dealkylation sites (tertiary alicyclic amines) is 2. The van der Waals surface area contributed by atoms with E-state index in [9.17, 15) is 0 Å². The third-order valence-corrected chi connectivity index (χ3v) is 8.07. The van der Waals surface area contributed by atoms with Crippen LogP contribution in [0.3, 0.4) is 0 Å². The third-order valence-electron chi connectivity index (χ3n) is 8.07. The summed E-state index contributed by atoms with van der Waals surface area (Å²) in [6, 6.07) is 3.09. The summed E-state index contributed by atoms with van der Waals surface area (Å²) in [4.78, 5) is 5.55. The zero-order chi connectivity index (χ0) is 22.9. The summed E-state index contributed by atoms with van der Waals surface area (Å²) in [6.07, 6.45) is 10.6. The summed E-state index contributed by atoms with van der Waals surface area (Å²) < 4.78 is 0. The van der Waals surface area contributed by atoms with Crippen LogP contribution in [0.15, 0.2) is 12.2 Å². The maximum absolute atomic E-state index is 2.82. The molecule has 0 radical (unpaired) electrons. The van der Waals surface area contributed by atoms with Crippen LogP contribution >= 0.6 is 0 Å². The average Bonchev–Trinajstić information content (AvgIpc) is 3.30. The molecule has 2 aliphatic carbocycles. The highest BCUT2D eigenvalue weighted by Gasteiger charge is 2.53. The van der Waals surface area contributed by atoms with E-state index in [1.165, 1.54) is 25.7 Å². The van der Waals surface area contributed by atoms with Gasteiger partial charge in [-0.15, -0.1) is 0 Å². The van der Waals surface area contributed by atoms with Gasteiger partial charge in [0.1, 0.15) is 0 Å². The molecule has 0 amide bonds. The van der Waals surface area contributed by atoms with E-state index >= 15 is 0 Å². The van der Waals surface area contributed by atoms with E-state index in [0.29, 0.717) is 34.0 Å². The number of piperidine rings is 1. The van der Waals surface area contributed by atoms with Gasteiger partial charge in [0.25, 0.3) is 0 Å². The zero-order valence-electron chi connectivity index (χ0n) is 22.3. The number of rotatable bonds is 0. The van der Waals surface area contributed by atoms with Crippen molar-refractivity contribution in [2.45, 2.75) is 159 Å². The smallest absolute Gasteiger partial charge is 0.0293 e. The molecule has 4 bridgehead atoms. The summed E-state index contributed by atoms with van der Waals surface area (Å²) >= 11 is 0. The first-order chi connectivity index (χ1) is 13.4. The van der Waals surface area contributed by atoms with Crippen molar-refractivity contribution in [3.63, 3.8) is 0 Å². The molecule has 190 valence electrons. The van der Waals surface area contributed by atoms with Crippen molar-refractivity contribution < 1.29 is 0 Å². The minimum absolute atomic E-state index is 0. The molecule has 0 aromatic carbocycles. The van der Waals surface area contributed by atoms with Crippen LogP contribution in [0.25, 0.3) is 0 Å². The first kappa shape index (κ1) is 29.7. The normalized spacial score (nSPS) is 34.8. The first-order valence-corrected chi connectivity index (χ1v) is 12.7. The van der Waals surface area contributed by atoms with Gasteiger partial charge in [0.2, 0.25) is 0 Å². The largest absolute Gasteiger partial charge is 0.292 e. The van der Waals surface area contributed by atoms with Crippen LogP contribution < -0.4 is 0 Å². The lowest BCUT2D eigenvalue weighted by molar-refractivity contribution is -0.0101. The molecule has 0 N–H and O–H groups in total. The van der Waals surface area contributed by atoms with E-state index < -0.39 is 0 Å². The molecule has 2 nitrogen and oxygen atoms in total. The molecule has 32 heavy (non-hydrogen) atoms. The van der Waals surface area contributed by atoms with Crippen LogP contribution in [-0.2, 0) is 0 Å². The fourth-order valence-corrected chi connectivity index (χ4v) is 7.61. The molecular formula is C30H60N2. The van der Waals surface area contributed by atoms with E-state index in [2.05, 4.69) is 105 Å². The quantitative estimate of drug-likeness (QED) is 0.343. The lowest BCUT2D eigenvalue weighted by Gasteiger charge is -2.49. The van der Waals surface area contributed by atoms with Crippen molar-refractivity contribution in [1.82, 2.24) is 9.80 Å². The Morgan fingerprint density at radius 3 is 1.47 bits per heavy atom. The van der Waals surface area contributed by atoms with Crippen molar-refractivity contribution in [3.8, 4) is 0 Å². The second-order valence-electron chi connectivity index (χ2n) is 14.9. The van der Waals surface area contributed by atoms with E-state index in [0.717, 1.165) is 23.9 Å².